The molecule has 0 rings (SSSR count). The molecule has 0 atom stereocenters. The molecule has 0 spiro atoms. The molecule has 54 valence electrons. The highest BCUT2D eigenvalue weighted by molar-refractivity contribution is 9.09. The molecule has 1 nitrogen and oxygen atoms in total. The summed E-state index contributed by atoms with van der Waals surface area (Å²) in [6.45, 7) is 4.12. The quantitative estimate of drug-likeness (QED) is 0.626. The molecule has 0 N–H and O–H groups in total. The van der Waals surface area contributed by atoms with Gasteiger partial charge in [0.05, 0.1) is 0 Å². The van der Waals surface area contributed by atoms with E-state index in [1.807, 2.05) is 0 Å². The van der Waals surface area contributed by atoms with Gasteiger partial charge in [0.15, 0.2) is 0 Å². The van der Waals surface area contributed by atoms with Crippen molar-refractivity contribution in [1.29, 1.82) is 0 Å². The summed E-state index contributed by atoms with van der Waals surface area (Å²) in [5.74, 6) is 0.874. The molecular weight excluding hydrogens is 180 g/mol. The number of hydrogen-bond donors (Lipinski definition) is 0. The van der Waals surface area contributed by atoms with Gasteiger partial charge in [0, 0.05) is 18.2 Å². The minimum atomic E-state index is 0.363. The van der Waals surface area contributed by atoms with Crippen LogP contribution in [-0.2, 0) is 4.79 Å². The lowest BCUT2D eigenvalue weighted by Crippen LogP contribution is -2.02. The fraction of sp³-hybridized carbons (Fsp3) is 0.857. The van der Waals surface area contributed by atoms with E-state index >= 15 is 0 Å². The van der Waals surface area contributed by atoms with E-state index in [0.29, 0.717) is 18.1 Å². The van der Waals surface area contributed by atoms with Crippen molar-refractivity contribution >= 4 is 21.7 Å². The van der Waals surface area contributed by atoms with Crippen LogP contribution in [0.25, 0.3) is 0 Å². The standard InChI is InChI=1S/C7H13BrO/c1-6(2)5-7(9)3-4-8/h6H,3-5H2,1-2H3. The highest BCUT2D eigenvalue weighted by Gasteiger charge is 2.02. The summed E-state index contributed by atoms with van der Waals surface area (Å²) in [6, 6.07) is 0. The van der Waals surface area contributed by atoms with Crippen molar-refractivity contribution < 1.29 is 4.79 Å². The lowest BCUT2D eigenvalue weighted by atomic mass is 10.1. The Morgan fingerprint density at radius 3 is 2.44 bits per heavy atom. The smallest absolute Gasteiger partial charge is 0.133 e. The van der Waals surface area contributed by atoms with E-state index in [9.17, 15) is 4.79 Å². The van der Waals surface area contributed by atoms with Gasteiger partial charge in [-0.1, -0.05) is 29.8 Å². The van der Waals surface area contributed by atoms with Crippen LogP contribution in [0.5, 0.6) is 0 Å². The van der Waals surface area contributed by atoms with Gasteiger partial charge in [0.1, 0.15) is 5.78 Å². The van der Waals surface area contributed by atoms with Crippen molar-refractivity contribution in [3.63, 3.8) is 0 Å². The lowest BCUT2D eigenvalue weighted by Gasteiger charge is -2.00. The van der Waals surface area contributed by atoms with Gasteiger partial charge in [0.25, 0.3) is 0 Å². The number of Topliss-reactive ketones (excluding diaryl/α,β-unsaturated/α-hetero) is 1. The fourth-order valence-corrected chi connectivity index (χ4v) is 1.11. The summed E-state index contributed by atoms with van der Waals surface area (Å²) >= 11 is 3.22. The Bertz CT molecular complexity index is 88.9. The average Bonchev–Trinajstić information content (AvgIpc) is 1.63. The summed E-state index contributed by atoms with van der Waals surface area (Å²) in [4.78, 5) is 10.8. The molecule has 0 saturated carbocycles. The number of hydrogen-bond acceptors (Lipinski definition) is 1. The largest absolute Gasteiger partial charge is 0.300 e. The van der Waals surface area contributed by atoms with Crippen LogP contribution >= 0.6 is 15.9 Å². The molecule has 0 aromatic rings. The third-order valence-corrected chi connectivity index (χ3v) is 1.41. The molecule has 0 aliphatic rings. The predicted molar refractivity (Wildman–Crippen MR) is 42.9 cm³/mol. The molecule has 0 bridgehead atoms. The van der Waals surface area contributed by atoms with Crippen molar-refractivity contribution in [2.45, 2.75) is 26.7 Å². The SMILES string of the molecule is CC(C)CC(=O)CCBr. The Morgan fingerprint density at radius 1 is 1.56 bits per heavy atom. The van der Waals surface area contributed by atoms with E-state index < -0.39 is 0 Å². The average molecular weight is 193 g/mol. The van der Waals surface area contributed by atoms with E-state index in [1.165, 1.54) is 0 Å². The predicted octanol–water partition coefficient (Wildman–Crippen LogP) is 2.39. The normalized spacial score (nSPS) is 10.2. The van der Waals surface area contributed by atoms with E-state index in [0.717, 1.165) is 11.8 Å². The van der Waals surface area contributed by atoms with Crippen molar-refractivity contribution in [3.05, 3.63) is 0 Å². The maximum Gasteiger partial charge on any atom is 0.133 e. The molecule has 0 fully saturated rings. The van der Waals surface area contributed by atoms with Gasteiger partial charge >= 0.3 is 0 Å². The first-order valence-electron chi connectivity index (χ1n) is 3.24. The van der Waals surface area contributed by atoms with Crippen molar-refractivity contribution in [3.8, 4) is 0 Å². The molecule has 0 aromatic heterocycles. The summed E-state index contributed by atoms with van der Waals surface area (Å²) in [6.07, 6.45) is 1.41. The molecule has 0 aliphatic carbocycles. The minimum absolute atomic E-state index is 0.363. The van der Waals surface area contributed by atoms with Crippen LogP contribution in [-0.4, -0.2) is 11.1 Å². The van der Waals surface area contributed by atoms with Crippen LogP contribution in [0.4, 0.5) is 0 Å². The zero-order valence-corrected chi connectivity index (χ0v) is 7.57. The van der Waals surface area contributed by atoms with Crippen LogP contribution in [0.1, 0.15) is 26.7 Å². The van der Waals surface area contributed by atoms with Gasteiger partial charge in [-0.2, -0.15) is 0 Å². The van der Waals surface area contributed by atoms with Crippen LogP contribution in [0, 0.1) is 5.92 Å². The third-order valence-electron chi connectivity index (χ3n) is 1.01. The van der Waals surface area contributed by atoms with Gasteiger partial charge in [-0.05, 0) is 5.92 Å². The van der Waals surface area contributed by atoms with Gasteiger partial charge in [-0.3, -0.25) is 4.79 Å². The molecule has 0 amide bonds. The van der Waals surface area contributed by atoms with Crippen molar-refractivity contribution in [1.82, 2.24) is 0 Å². The Hall–Kier alpha value is 0.150. The van der Waals surface area contributed by atoms with Gasteiger partial charge in [-0.25, -0.2) is 0 Å². The molecule has 0 heterocycles. The Kier molecular flexibility index (Phi) is 5.06. The van der Waals surface area contributed by atoms with Crippen LogP contribution < -0.4 is 0 Å². The number of alkyl halides is 1. The second kappa shape index (κ2) is 4.98. The van der Waals surface area contributed by atoms with E-state index in [4.69, 9.17) is 0 Å². The Balaban J connectivity index is 3.27. The second-order valence-electron chi connectivity index (χ2n) is 2.58. The molecular formula is C7H13BrO. The zero-order chi connectivity index (χ0) is 7.28. The molecule has 0 aromatic carbocycles. The van der Waals surface area contributed by atoms with Gasteiger partial charge in [-0.15, -0.1) is 0 Å². The van der Waals surface area contributed by atoms with E-state index in [2.05, 4.69) is 29.8 Å². The Labute approximate surface area is 65.0 Å². The summed E-state index contributed by atoms with van der Waals surface area (Å²) in [7, 11) is 0. The van der Waals surface area contributed by atoms with E-state index in [1.54, 1.807) is 0 Å². The summed E-state index contributed by atoms with van der Waals surface area (Å²) < 4.78 is 0. The van der Waals surface area contributed by atoms with E-state index in [-0.39, 0.29) is 0 Å². The maximum absolute atomic E-state index is 10.8. The summed E-state index contributed by atoms with van der Waals surface area (Å²) in [5, 5.41) is 0.804. The van der Waals surface area contributed by atoms with Crippen LogP contribution in [0.15, 0.2) is 0 Å². The second-order valence-corrected chi connectivity index (χ2v) is 3.37. The topological polar surface area (TPSA) is 17.1 Å². The molecule has 2 heteroatoms. The van der Waals surface area contributed by atoms with Crippen LogP contribution in [0.3, 0.4) is 0 Å². The first kappa shape index (κ1) is 9.15. The number of carbonyl (C=O) groups is 1. The minimum Gasteiger partial charge on any atom is -0.300 e. The fourth-order valence-electron chi connectivity index (χ4n) is 0.663. The first-order chi connectivity index (χ1) is 4.16. The molecule has 9 heavy (non-hydrogen) atoms. The van der Waals surface area contributed by atoms with Crippen molar-refractivity contribution in [2.75, 3.05) is 5.33 Å². The van der Waals surface area contributed by atoms with Crippen molar-refractivity contribution in [2.24, 2.45) is 5.92 Å². The summed E-state index contributed by atoms with van der Waals surface area (Å²) in [5.41, 5.74) is 0. The molecule has 0 radical (unpaired) electrons. The van der Waals surface area contributed by atoms with Crippen LogP contribution in [0.2, 0.25) is 0 Å². The number of ketones is 1. The molecule has 0 unspecified atom stereocenters. The maximum atomic E-state index is 10.8. The zero-order valence-electron chi connectivity index (χ0n) is 5.98. The highest BCUT2D eigenvalue weighted by atomic mass is 79.9. The van der Waals surface area contributed by atoms with Gasteiger partial charge in [0.2, 0.25) is 0 Å². The monoisotopic (exact) mass is 192 g/mol. The number of halogens is 1. The number of rotatable bonds is 4. The third kappa shape index (κ3) is 6.03. The van der Waals surface area contributed by atoms with Gasteiger partial charge < -0.3 is 0 Å². The molecule has 0 saturated heterocycles. The lowest BCUT2D eigenvalue weighted by molar-refractivity contribution is -0.119. The first-order valence-corrected chi connectivity index (χ1v) is 4.36. The Morgan fingerprint density at radius 2 is 2.11 bits per heavy atom. The highest BCUT2D eigenvalue weighted by Crippen LogP contribution is 2.03. The number of carbonyl (C=O) groups excluding carboxylic acids is 1. The molecule has 0 aliphatic heterocycles.